The largest absolute Gasteiger partial charge is 0.458 e. The van der Waals surface area contributed by atoms with Gasteiger partial charge < -0.3 is 10.1 Å². The van der Waals surface area contributed by atoms with Gasteiger partial charge in [-0.1, -0.05) is 12.8 Å². The van der Waals surface area contributed by atoms with Crippen LogP contribution in [0.1, 0.15) is 27.2 Å². The van der Waals surface area contributed by atoms with Gasteiger partial charge in [0.15, 0.2) is 5.60 Å². The molecule has 86 valence electrons. The lowest BCUT2D eigenvalue weighted by molar-refractivity contribution is 0.164. The molecule has 1 aromatic rings. The van der Waals surface area contributed by atoms with E-state index in [9.17, 15) is 0 Å². The Labute approximate surface area is 96.5 Å². The molecule has 0 spiro atoms. The number of aromatic nitrogens is 2. The zero-order chi connectivity index (χ0) is 12.0. The molecule has 0 saturated carbocycles. The highest BCUT2D eigenvalue weighted by molar-refractivity contribution is 5.28. The van der Waals surface area contributed by atoms with Crippen LogP contribution in [0, 0.1) is 12.3 Å². The molecule has 16 heavy (non-hydrogen) atoms. The van der Waals surface area contributed by atoms with Crippen molar-refractivity contribution in [2.45, 2.75) is 32.8 Å². The molecule has 1 heterocycles. The molecule has 0 aliphatic heterocycles. The normalized spacial score (nSPS) is 10.6. The van der Waals surface area contributed by atoms with Gasteiger partial charge in [0, 0.05) is 18.8 Å². The average molecular weight is 219 g/mol. The fraction of sp³-hybridized carbons (Fsp3) is 0.500. The fourth-order valence-corrected chi connectivity index (χ4v) is 1.01. The highest BCUT2D eigenvalue weighted by Crippen LogP contribution is 2.15. The van der Waals surface area contributed by atoms with Gasteiger partial charge in [0.2, 0.25) is 11.8 Å². The topological polar surface area (TPSA) is 47.0 Å². The number of terminal acetylenes is 1. The van der Waals surface area contributed by atoms with Crippen LogP contribution in [0.4, 0.5) is 5.95 Å². The number of nitrogens with zero attached hydrogens (tertiary/aromatic N) is 2. The van der Waals surface area contributed by atoms with Crippen molar-refractivity contribution >= 4 is 5.95 Å². The average Bonchev–Trinajstić information content (AvgIpc) is 2.26. The Morgan fingerprint density at radius 1 is 1.56 bits per heavy atom. The maximum absolute atomic E-state index is 5.54. The third-order valence-electron chi connectivity index (χ3n) is 1.87. The molecule has 4 heteroatoms. The molecule has 1 aromatic heterocycles. The van der Waals surface area contributed by atoms with E-state index in [1.54, 1.807) is 12.3 Å². The lowest BCUT2D eigenvalue weighted by Gasteiger charge is -2.19. The van der Waals surface area contributed by atoms with Crippen LogP contribution in [0.25, 0.3) is 0 Å². The van der Waals surface area contributed by atoms with Crippen molar-refractivity contribution < 1.29 is 4.74 Å². The first-order valence-electron chi connectivity index (χ1n) is 5.31. The van der Waals surface area contributed by atoms with Crippen LogP contribution in [-0.2, 0) is 0 Å². The summed E-state index contributed by atoms with van der Waals surface area (Å²) in [6, 6.07) is 1.69. The highest BCUT2D eigenvalue weighted by atomic mass is 16.5. The first-order valence-corrected chi connectivity index (χ1v) is 5.31. The smallest absolute Gasteiger partial charge is 0.225 e. The summed E-state index contributed by atoms with van der Waals surface area (Å²) in [5.41, 5.74) is -0.656. The van der Waals surface area contributed by atoms with Crippen molar-refractivity contribution in [3.8, 4) is 18.2 Å². The summed E-state index contributed by atoms with van der Waals surface area (Å²) in [7, 11) is 0. The minimum atomic E-state index is -0.656. The van der Waals surface area contributed by atoms with E-state index in [1.165, 1.54) is 0 Å². The molecule has 0 amide bonds. The highest BCUT2D eigenvalue weighted by Gasteiger charge is 2.16. The predicted molar refractivity (Wildman–Crippen MR) is 64.4 cm³/mol. The van der Waals surface area contributed by atoms with Crippen LogP contribution >= 0.6 is 0 Å². The number of nitrogens with one attached hydrogen (secondary N) is 1. The van der Waals surface area contributed by atoms with Gasteiger partial charge >= 0.3 is 0 Å². The predicted octanol–water partition coefficient (Wildman–Crippen LogP) is 2.09. The fourth-order valence-electron chi connectivity index (χ4n) is 1.01. The Bertz CT molecular complexity index is 382. The molecule has 0 atom stereocenters. The van der Waals surface area contributed by atoms with Crippen molar-refractivity contribution in [3.63, 3.8) is 0 Å². The van der Waals surface area contributed by atoms with Crippen molar-refractivity contribution in [1.29, 1.82) is 0 Å². The van der Waals surface area contributed by atoms with E-state index < -0.39 is 5.60 Å². The van der Waals surface area contributed by atoms with Crippen molar-refractivity contribution in [3.05, 3.63) is 12.3 Å². The van der Waals surface area contributed by atoms with Gasteiger partial charge in [-0.25, -0.2) is 4.98 Å². The Morgan fingerprint density at radius 2 is 2.31 bits per heavy atom. The van der Waals surface area contributed by atoms with Gasteiger partial charge in [-0.15, -0.1) is 6.42 Å². The van der Waals surface area contributed by atoms with E-state index in [2.05, 4.69) is 28.1 Å². The SMILES string of the molecule is C#CC(C)(C)Oc1ccnc(NCCC)n1. The second kappa shape index (κ2) is 5.36. The summed E-state index contributed by atoms with van der Waals surface area (Å²) in [6.45, 7) is 6.54. The lowest BCUT2D eigenvalue weighted by atomic mass is 10.1. The van der Waals surface area contributed by atoms with E-state index in [0.717, 1.165) is 13.0 Å². The zero-order valence-electron chi connectivity index (χ0n) is 9.95. The van der Waals surface area contributed by atoms with Crippen LogP contribution in [0.3, 0.4) is 0 Å². The molecular formula is C12H17N3O. The van der Waals surface area contributed by atoms with Gasteiger partial charge in [-0.2, -0.15) is 4.98 Å². The molecule has 0 unspecified atom stereocenters. The molecule has 0 aromatic carbocycles. The zero-order valence-corrected chi connectivity index (χ0v) is 9.95. The number of ether oxygens (including phenoxy) is 1. The summed E-state index contributed by atoms with van der Waals surface area (Å²) in [5, 5.41) is 3.08. The maximum Gasteiger partial charge on any atom is 0.225 e. The molecular weight excluding hydrogens is 202 g/mol. The molecule has 0 saturated heterocycles. The van der Waals surface area contributed by atoms with Crippen LogP contribution in [-0.4, -0.2) is 22.1 Å². The minimum Gasteiger partial charge on any atom is -0.458 e. The van der Waals surface area contributed by atoms with Gasteiger partial charge in [0.25, 0.3) is 0 Å². The minimum absolute atomic E-state index is 0.483. The second-order valence-corrected chi connectivity index (χ2v) is 3.90. The monoisotopic (exact) mass is 219 g/mol. The third kappa shape index (κ3) is 3.77. The quantitative estimate of drug-likeness (QED) is 0.770. The first-order chi connectivity index (χ1) is 7.57. The molecule has 0 radical (unpaired) electrons. The summed E-state index contributed by atoms with van der Waals surface area (Å²) in [5.74, 6) is 3.59. The Kier molecular flexibility index (Phi) is 4.12. The molecule has 0 aliphatic carbocycles. The number of hydrogen-bond acceptors (Lipinski definition) is 4. The first kappa shape index (κ1) is 12.3. The van der Waals surface area contributed by atoms with Gasteiger partial charge in [-0.3, -0.25) is 0 Å². The van der Waals surface area contributed by atoms with Crippen molar-refractivity contribution in [2.24, 2.45) is 0 Å². The summed E-state index contributed by atoms with van der Waals surface area (Å²) in [4.78, 5) is 8.28. The summed E-state index contributed by atoms with van der Waals surface area (Å²) >= 11 is 0. The Hall–Kier alpha value is -1.76. The standard InChI is InChI=1S/C12H17N3O/c1-5-8-13-11-14-9-7-10(15-11)16-12(3,4)6-2/h2,7,9H,5,8H2,1,3-4H3,(H,13,14,15). The van der Waals surface area contributed by atoms with Gasteiger partial charge in [0.1, 0.15) is 0 Å². The number of rotatable bonds is 5. The van der Waals surface area contributed by atoms with E-state index in [0.29, 0.717) is 11.8 Å². The number of hydrogen-bond donors (Lipinski definition) is 1. The maximum atomic E-state index is 5.54. The van der Waals surface area contributed by atoms with Crippen molar-refractivity contribution in [2.75, 3.05) is 11.9 Å². The van der Waals surface area contributed by atoms with E-state index >= 15 is 0 Å². The Morgan fingerprint density at radius 3 is 2.94 bits per heavy atom. The van der Waals surface area contributed by atoms with Crippen LogP contribution in [0.5, 0.6) is 5.88 Å². The van der Waals surface area contributed by atoms with Gasteiger partial charge in [0.05, 0.1) is 0 Å². The molecule has 0 fully saturated rings. The Balaban J connectivity index is 2.72. The molecule has 0 aliphatic rings. The lowest BCUT2D eigenvalue weighted by Crippen LogP contribution is -2.26. The molecule has 1 N–H and O–H groups in total. The van der Waals surface area contributed by atoms with Crippen LogP contribution in [0.15, 0.2) is 12.3 Å². The molecule has 4 nitrogen and oxygen atoms in total. The summed E-state index contributed by atoms with van der Waals surface area (Å²) in [6.07, 6.45) is 8.00. The number of anilines is 1. The molecule has 1 rings (SSSR count). The van der Waals surface area contributed by atoms with Gasteiger partial charge in [-0.05, 0) is 20.3 Å². The van der Waals surface area contributed by atoms with E-state index in [-0.39, 0.29) is 0 Å². The molecule has 0 bridgehead atoms. The van der Waals surface area contributed by atoms with Crippen LogP contribution < -0.4 is 10.1 Å². The summed E-state index contributed by atoms with van der Waals surface area (Å²) < 4.78 is 5.54. The van der Waals surface area contributed by atoms with E-state index in [4.69, 9.17) is 11.2 Å². The second-order valence-electron chi connectivity index (χ2n) is 3.90. The third-order valence-corrected chi connectivity index (χ3v) is 1.87. The van der Waals surface area contributed by atoms with Crippen molar-refractivity contribution in [1.82, 2.24) is 9.97 Å². The van der Waals surface area contributed by atoms with Crippen LogP contribution in [0.2, 0.25) is 0 Å². The van der Waals surface area contributed by atoms with E-state index in [1.807, 2.05) is 13.8 Å².